The minimum Gasteiger partial charge on any atom is -0.496 e. The third-order valence-corrected chi connectivity index (χ3v) is 6.22. The van der Waals surface area contributed by atoms with Crippen molar-refractivity contribution in [3.8, 4) is 22.8 Å². The summed E-state index contributed by atoms with van der Waals surface area (Å²) in [5.41, 5.74) is 4.73. The second-order valence-electron chi connectivity index (χ2n) is 7.77. The lowest BCUT2D eigenvalue weighted by Gasteiger charge is -2.12. The van der Waals surface area contributed by atoms with E-state index in [1.807, 2.05) is 36.4 Å². The van der Waals surface area contributed by atoms with Crippen LogP contribution in [0.5, 0.6) is 11.6 Å². The van der Waals surface area contributed by atoms with Crippen molar-refractivity contribution in [3.05, 3.63) is 66.2 Å². The number of aromatic nitrogens is 3. The van der Waals surface area contributed by atoms with Gasteiger partial charge in [-0.2, -0.15) is 8.75 Å². The number of hydrogen-bond acceptors (Lipinski definition) is 8. The highest BCUT2D eigenvalue weighted by molar-refractivity contribution is 7.00. The third kappa shape index (κ3) is 4.27. The van der Waals surface area contributed by atoms with Crippen molar-refractivity contribution in [2.45, 2.75) is 6.54 Å². The summed E-state index contributed by atoms with van der Waals surface area (Å²) in [6.07, 6.45) is -2.08. The van der Waals surface area contributed by atoms with E-state index < -0.39 is 12.2 Å². The largest absolute Gasteiger partial charge is 0.512 e. The summed E-state index contributed by atoms with van der Waals surface area (Å²) in [4.78, 5) is 23.7. The lowest BCUT2D eigenvalue weighted by Crippen LogP contribution is -2.11. The molecule has 3 aromatic carbocycles. The summed E-state index contributed by atoms with van der Waals surface area (Å²) in [5.74, 6) is 0.654. The zero-order valence-corrected chi connectivity index (χ0v) is 20.0. The summed E-state index contributed by atoms with van der Waals surface area (Å²) in [6.45, 7) is 0.297. The molecule has 0 spiro atoms. The molecule has 2 heterocycles. The molecular weight excluding hydrogens is 484 g/mol. The average molecular weight is 505 g/mol. The van der Waals surface area contributed by atoms with E-state index in [0.717, 1.165) is 28.3 Å². The number of benzene rings is 3. The van der Waals surface area contributed by atoms with Crippen LogP contribution in [0.1, 0.15) is 5.56 Å². The highest BCUT2D eigenvalue weighted by atomic mass is 32.1. The molecule has 36 heavy (non-hydrogen) atoms. The Morgan fingerprint density at radius 1 is 1.03 bits per heavy atom. The monoisotopic (exact) mass is 504 g/mol. The number of carbonyl (C=O) groups is 2. The second kappa shape index (κ2) is 9.55. The lowest BCUT2D eigenvalue weighted by molar-refractivity contribution is 0.141. The molecule has 5 aromatic rings. The Morgan fingerprint density at radius 3 is 2.61 bits per heavy atom. The molecular formula is C25H20N4O6S. The van der Waals surface area contributed by atoms with Gasteiger partial charge in [0.25, 0.3) is 0 Å². The number of fused-ring (bicyclic) bond motifs is 2. The summed E-state index contributed by atoms with van der Waals surface area (Å²) >= 11 is 1.13. The molecule has 0 atom stereocenters. The lowest BCUT2D eigenvalue weighted by atomic mass is 10.0. The van der Waals surface area contributed by atoms with E-state index in [-0.39, 0.29) is 5.88 Å². The number of carboxylic acid groups (broad SMARTS) is 1. The van der Waals surface area contributed by atoms with Gasteiger partial charge in [-0.3, -0.25) is 5.32 Å². The van der Waals surface area contributed by atoms with Crippen molar-refractivity contribution in [3.63, 3.8) is 0 Å². The van der Waals surface area contributed by atoms with E-state index in [9.17, 15) is 14.7 Å². The van der Waals surface area contributed by atoms with Gasteiger partial charge in [0.2, 0.25) is 5.88 Å². The van der Waals surface area contributed by atoms with E-state index in [1.54, 1.807) is 28.8 Å². The number of methoxy groups -OCH3 is 2. The number of anilines is 1. The average Bonchev–Trinajstić information content (AvgIpc) is 3.46. The molecule has 0 unspecified atom stereocenters. The molecule has 5 rings (SSSR count). The minimum absolute atomic E-state index is 0.119. The first-order valence-corrected chi connectivity index (χ1v) is 11.5. The topological polar surface area (TPSA) is 125 Å². The predicted molar refractivity (Wildman–Crippen MR) is 135 cm³/mol. The number of nitrogens with zero attached hydrogens (tertiary/aromatic N) is 3. The summed E-state index contributed by atoms with van der Waals surface area (Å²) < 4.78 is 26.0. The van der Waals surface area contributed by atoms with Crippen molar-refractivity contribution in [1.29, 1.82) is 0 Å². The van der Waals surface area contributed by atoms with Crippen LogP contribution < -0.4 is 14.8 Å². The Labute approximate surface area is 209 Å². The first-order chi connectivity index (χ1) is 17.5. The van der Waals surface area contributed by atoms with Crippen molar-refractivity contribution in [1.82, 2.24) is 13.3 Å². The van der Waals surface area contributed by atoms with Crippen molar-refractivity contribution in [2.75, 3.05) is 19.5 Å². The van der Waals surface area contributed by atoms with E-state index in [0.29, 0.717) is 40.0 Å². The first kappa shape index (κ1) is 23.1. The fraction of sp³-hybridized carbons (Fsp3) is 0.120. The Kier molecular flexibility index (Phi) is 6.13. The number of amides is 1. The van der Waals surface area contributed by atoms with Gasteiger partial charge in [0.15, 0.2) is 0 Å². The van der Waals surface area contributed by atoms with Gasteiger partial charge in [-0.1, -0.05) is 24.3 Å². The smallest absolute Gasteiger partial charge is 0.496 e. The number of ether oxygens (including phenoxy) is 3. The van der Waals surface area contributed by atoms with E-state index in [1.165, 1.54) is 14.2 Å². The summed E-state index contributed by atoms with van der Waals surface area (Å²) in [7, 11) is 2.81. The van der Waals surface area contributed by atoms with E-state index >= 15 is 0 Å². The highest BCUT2D eigenvalue weighted by Gasteiger charge is 2.25. The van der Waals surface area contributed by atoms with Crippen LogP contribution in [0.15, 0.2) is 60.7 Å². The molecule has 10 nitrogen and oxygen atoms in total. The molecule has 2 N–H and O–H groups in total. The third-order valence-electron chi connectivity index (χ3n) is 5.67. The molecule has 0 fully saturated rings. The van der Waals surface area contributed by atoms with Crippen LogP contribution in [0, 0.1) is 0 Å². The SMILES string of the molecule is COC(=O)Nc1ccc2c(c1)c(-c1ccccc1OC)c(OC(=O)O)n2Cc1ccc2nsnc2c1. The molecule has 0 bridgehead atoms. The molecule has 11 heteroatoms. The van der Waals surface area contributed by atoms with E-state index in [2.05, 4.69) is 14.1 Å². The fourth-order valence-electron chi connectivity index (χ4n) is 4.14. The first-order valence-electron chi connectivity index (χ1n) is 10.7. The predicted octanol–water partition coefficient (Wildman–Crippen LogP) is 5.61. The van der Waals surface area contributed by atoms with Gasteiger partial charge in [-0.05, 0) is 42.0 Å². The zero-order valence-electron chi connectivity index (χ0n) is 19.2. The molecule has 182 valence electrons. The molecule has 2 aromatic heterocycles. The maximum atomic E-state index is 11.8. The van der Waals surface area contributed by atoms with Crippen LogP contribution in [-0.4, -0.2) is 44.9 Å². The maximum Gasteiger partial charge on any atom is 0.512 e. The number of hydrogen-bond donors (Lipinski definition) is 2. The Morgan fingerprint density at radius 2 is 1.83 bits per heavy atom. The molecule has 0 aliphatic rings. The van der Waals surface area contributed by atoms with Crippen LogP contribution >= 0.6 is 11.7 Å². The quantitative estimate of drug-likeness (QED) is 0.286. The standard InChI is InChI=1S/C25H20N4O6S/c1-33-21-6-4-3-5-16(21)22-17-12-15(26-24(30)34-2)8-10-20(17)29(23(22)35-25(31)32)13-14-7-9-18-19(11-14)28-36-27-18/h3-12H,13H2,1-2H3,(H,26,30)(H,31,32). The molecule has 0 radical (unpaired) electrons. The van der Waals surface area contributed by atoms with E-state index in [4.69, 9.17) is 14.2 Å². The molecule has 1 amide bonds. The van der Waals surface area contributed by atoms with Crippen LogP contribution in [0.3, 0.4) is 0 Å². The summed E-state index contributed by atoms with van der Waals surface area (Å²) in [5, 5.41) is 13.0. The van der Waals surface area contributed by atoms with Gasteiger partial charge >= 0.3 is 12.2 Å². The van der Waals surface area contributed by atoms with Gasteiger partial charge in [-0.15, -0.1) is 0 Å². The van der Waals surface area contributed by atoms with Crippen LogP contribution in [0.2, 0.25) is 0 Å². The molecule has 0 aliphatic heterocycles. The second-order valence-corrected chi connectivity index (χ2v) is 8.30. The molecule has 0 saturated carbocycles. The highest BCUT2D eigenvalue weighted by Crippen LogP contribution is 2.45. The van der Waals surface area contributed by atoms with Gasteiger partial charge in [0, 0.05) is 16.6 Å². The normalized spacial score (nSPS) is 10.9. The van der Waals surface area contributed by atoms with Crippen LogP contribution in [0.4, 0.5) is 15.3 Å². The maximum absolute atomic E-state index is 11.8. The number of para-hydroxylation sites is 1. The van der Waals surface area contributed by atoms with Gasteiger partial charge in [-0.25, -0.2) is 9.59 Å². The number of rotatable bonds is 6. The minimum atomic E-state index is -1.46. The summed E-state index contributed by atoms with van der Waals surface area (Å²) in [6, 6.07) is 18.2. The van der Waals surface area contributed by atoms with Gasteiger partial charge in [0.1, 0.15) is 16.8 Å². The van der Waals surface area contributed by atoms with Crippen molar-refractivity contribution >= 4 is 51.6 Å². The van der Waals surface area contributed by atoms with Gasteiger partial charge < -0.3 is 23.9 Å². The van der Waals surface area contributed by atoms with Crippen molar-refractivity contribution in [2.24, 2.45) is 0 Å². The Balaban J connectivity index is 1.77. The number of carbonyl (C=O) groups excluding carboxylic acids is 1. The zero-order chi connectivity index (χ0) is 25.2. The molecule has 0 saturated heterocycles. The number of nitrogens with one attached hydrogen (secondary N) is 1. The van der Waals surface area contributed by atoms with Crippen LogP contribution in [-0.2, 0) is 11.3 Å². The molecule has 0 aliphatic carbocycles. The Bertz CT molecular complexity index is 1610. The van der Waals surface area contributed by atoms with Gasteiger partial charge in [0.05, 0.1) is 43.6 Å². The van der Waals surface area contributed by atoms with Crippen LogP contribution in [0.25, 0.3) is 33.1 Å². The van der Waals surface area contributed by atoms with Crippen molar-refractivity contribution < 1.29 is 28.9 Å². The Hall–Kier alpha value is -4.64. The fourth-order valence-corrected chi connectivity index (χ4v) is 4.66.